The zero-order chi connectivity index (χ0) is 13.0. The Morgan fingerprint density at radius 2 is 2.06 bits per heavy atom. The maximum Gasteiger partial charge on any atom is 0.306 e. The zero-order valence-corrected chi connectivity index (χ0v) is 9.44. The summed E-state index contributed by atoms with van der Waals surface area (Å²) in [4.78, 5) is 10.5. The van der Waals surface area contributed by atoms with Crippen LogP contribution in [-0.2, 0) is 4.79 Å². The number of carboxylic acids is 1. The van der Waals surface area contributed by atoms with Crippen molar-refractivity contribution >= 4 is 5.97 Å². The number of aliphatic hydroxyl groups excluding tert-OH is 1. The minimum atomic E-state index is -1.40. The number of aliphatic carboxylic acids is 1. The Labute approximate surface area is 97.4 Å². The van der Waals surface area contributed by atoms with Gasteiger partial charge >= 0.3 is 5.97 Å². The lowest BCUT2D eigenvalue weighted by Crippen LogP contribution is -2.09. The van der Waals surface area contributed by atoms with Gasteiger partial charge in [0.05, 0.1) is 32.3 Å². The highest BCUT2D eigenvalue weighted by molar-refractivity contribution is 5.68. The van der Waals surface area contributed by atoms with E-state index in [4.69, 9.17) is 14.6 Å². The lowest BCUT2D eigenvalue weighted by Gasteiger charge is -2.17. The second-order valence-corrected chi connectivity index (χ2v) is 3.31. The minimum absolute atomic E-state index is 0.00241. The molecule has 1 aromatic rings. The first kappa shape index (κ1) is 13.2. The van der Waals surface area contributed by atoms with Crippen molar-refractivity contribution in [1.29, 1.82) is 0 Å². The van der Waals surface area contributed by atoms with Gasteiger partial charge < -0.3 is 19.7 Å². The third-order valence-electron chi connectivity index (χ3n) is 2.23. The first-order valence-electron chi connectivity index (χ1n) is 4.81. The molecule has 94 valence electrons. The lowest BCUT2D eigenvalue weighted by atomic mass is 10.0. The highest BCUT2D eigenvalue weighted by Crippen LogP contribution is 2.37. The summed E-state index contributed by atoms with van der Waals surface area (Å²) in [6, 6.07) is 2.42. The number of hydrogen-bond acceptors (Lipinski definition) is 4. The summed E-state index contributed by atoms with van der Waals surface area (Å²) in [6.07, 6.45) is -1.95. The van der Waals surface area contributed by atoms with Gasteiger partial charge in [-0.15, -0.1) is 0 Å². The van der Waals surface area contributed by atoms with Crippen molar-refractivity contribution in [2.45, 2.75) is 12.5 Å². The second-order valence-electron chi connectivity index (χ2n) is 3.31. The predicted octanol–water partition coefficient (Wildman–Crippen LogP) is 1.35. The molecule has 0 heterocycles. The van der Waals surface area contributed by atoms with Gasteiger partial charge in [-0.05, 0) is 12.1 Å². The summed E-state index contributed by atoms with van der Waals surface area (Å²) in [7, 11) is 2.57. The number of ether oxygens (including phenoxy) is 2. The molecule has 0 aliphatic rings. The van der Waals surface area contributed by atoms with Gasteiger partial charge in [0.2, 0.25) is 0 Å². The molecule has 0 aliphatic heterocycles. The van der Waals surface area contributed by atoms with E-state index < -0.39 is 24.3 Å². The highest BCUT2D eigenvalue weighted by Gasteiger charge is 2.23. The normalized spacial score (nSPS) is 12.0. The molecule has 0 saturated carbocycles. The molecule has 0 unspecified atom stereocenters. The Morgan fingerprint density at radius 3 is 2.53 bits per heavy atom. The van der Waals surface area contributed by atoms with Crippen molar-refractivity contribution in [3.05, 3.63) is 23.5 Å². The number of halogens is 1. The summed E-state index contributed by atoms with van der Waals surface area (Å²) < 4.78 is 23.2. The summed E-state index contributed by atoms with van der Waals surface area (Å²) in [6.45, 7) is 0. The van der Waals surface area contributed by atoms with Gasteiger partial charge in [0.25, 0.3) is 0 Å². The van der Waals surface area contributed by atoms with Crippen LogP contribution in [-0.4, -0.2) is 30.4 Å². The largest absolute Gasteiger partial charge is 0.496 e. The van der Waals surface area contributed by atoms with Crippen LogP contribution < -0.4 is 9.47 Å². The van der Waals surface area contributed by atoms with Gasteiger partial charge in [0.1, 0.15) is 5.75 Å². The van der Waals surface area contributed by atoms with Gasteiger partial charge in [-0.1, -0.05) is 0 Å². The molecule has 5 nitrogen and oxygen atoms in total. The van der Waals surface area contributed by atoms with Crippen LogP contribution >= 0.6 is 0 Å². The number of methoxy groups -OCH3 is 2. The van der Waals surface area contributed by atoms with Crippen LogP contribution in [0.1, 0.15) is 18.1 Å². The Kier molecular flexibility index (Phi) is 4.28. The molecule has 2 N–H and O–H groups in total. The van der Waals surface area contributed by atoms with Crippen LogP contribution in [0.5, 0.6) is 11.5 Å². The van der Waals surface area contributed by atoms with Gasteiger partial charge in [-0.25, -0.2) is 4.39 Å². The van der Waals surface area contributed by atoms with E-state index in [0.717, 1.165) is 6.07 Å². The molecule has 0 radical (unpaired) electrons. The molecule has 17 heavy (non-hydrogen) atoms. The van der Waals surface area contributed by atoms with E-state index in [1.807, 2.05) is 0 Å². The van der Waals surface area contributed by atoms with E-state index >= 15 is 0 Å². The zero-order valence-electron chi connectivity index (χ0n) is 9.44. The monoisotopic (exact) mass is 244 g/mol. The number of benzene rings is 1. The number of carbonyl (C=O) groups is 1. The van der Waals surface area contributed by atoms with Crippen molar-refractivity contribution in [3.8, 4) is 11.5 Å². The molecule has 6 heteroatoms. The minimum Gasteiger partial charge on any atom is -0.496 e. The molecular formula is C11H13FO5. The van der Waals surface area contributed by atoms with Gasteiger partial charge in [0, 0.05) is 0 Å². The maximum absolute atomic E-state index is 13.4. The molecule has 0 fully saturated rings. The molecule has 0 saturated heterocycles. The van der Waals surface area contributed by atoms with Crippen molar-refractivity contribution in [1.82, 2.24) is 0 Å². The van der Waals surface area contributed by atoms with Crippen LogP contribution in [0.2, 0.25) is 0 Å². The Bertz CT molecular complexity index is 419. The number of rotatable bonds is 5. The number of hydrogen-bond donors (Lipinski definition) is 2. The fourth-order valence-electron chi connectivity index (χ4n) is 1.52. The van der Waals surface area contributed by atoms with E-state index in [-0.39, 0.29) is 17.1 Å². The van der Waals surface area contributed by atoms with Crippen molar-refractivity contribution in [3.63, 3.8) is 0 Å². The van der Waals surface area contributed by atoms with Crippen LogP contribution in [0.3, 0.4) is 0 Å². The van der Waals surface area contributed by atoms with E-state index in [2.05, 4.69) is 0 Å². The van der Waals surface area contributed by atoms with Crippen molar-refractivity contribution in [2.75, 3.05) is 14.2 Å². The lowest BCUT2D eigenvalue weighted by molar-refractivity contribution is -0.139. The summed E-state index contributed by atoms with van der Waals surface area (Å²) in [5.41, 5.74) is -0.00241. The van der Waals surface area contributed by atoms with E-state index in [9.17, 15) is 14.3 Å². The standard InChI is InChI=1S/C11H13FO5/c1-16-8-4-3-6(12)11(17-2)10(8)7(13)5-9(14)15/h3-4,7,13H,5H2,1-2H3,(H,14,15)/t7-/m1/s1. The molecule has 0 spiro atoms. The van der Waals surface area contributed by atoms with Gasteiger partial charge in [-0.2, -0.15) is 0 Å². The summed E-state index contributed by atoms with van der Waals surface area (Å²) in [5, 5.41) is 18.3. The quantitative estimate of drug-likeness (QED) is 0.817. The van der Waals surface area contributed by atoms with Crippen LogP contribution in [0.15, 0.2) is 12.1 Å². The molecule has 1 aromatic carbocycles. The summed E-state index contributed by atoms with van der Waals surface area (Å²) in [5.74, 6) is -1.92. The van der Waals surface area contributed by atoms with E-state index in [1.165, 1.54) is 20.3 Å². The fourth-order valence-corrected chi connectivity index (χ4v) is 1.52. The SMILES string of the molecule is COc1ccc(F)c(OC)c1[C@H](O)CC(=O)O. The van der Waals surface area contributed by atoms with Crippen LogP contribution in [0, 0.1) is 5.82 Å². The number of carboxylic acid groups (broad SMARTS) is 1. The smallest absolute Gasteiger partial charge is 0.306 e. The van der Waals surface area contributed by atoms with E-state index in [0.29, 0.717) is 0 Å². The molecular weight excluding hydrogens is 231 g/mol. The molecule has 1 rings (SSSR count). The maximum atomic E-state index is 13.4. The van der Waals surface area contributed by atoms with Gasteiger partial charge in [0.15, 0.2) is 11.6 Å². The molecule has 0 amide bonds. The average Bonchev–Trinajstić information content (AvgIpc) is 2.27. The Morgan fingerprint density at radius 1 is 1.41 bits per heavy atom. The number of aliphatic hydroxyl groups is 1. The topological polar surface area (TPSA) is 76.0 Å². The first-order chi connectivity index (χ1) is 8.01. The third kappa shape index (κ3) is 2.85. The average molecular weight is 244 g/mol. The Hall–Kier alpha value is -1.82. The van der Waals surface area contributed by atoms with E-state index in [1.54, 1.807) is 0 Å². The first-order valence-corrected chi connectivity index (χ1v) is 4.81. The molecule has 0 aromatic heterocycles. The second kappa shape index (κ2) is 5.49. The third-order valence-corrected chi connectivity index (χ3v) is 2.23. The Balaban J connectivity index is 3.26. The molecule has 0 bridgehead atoms. The molecule has 0 aliphatic carbocycles. The van der Waals surface area contributed by atoms with Gasteiger partial charge in [-0.3, -0.25) is 4.79 Å². The highest BCUT2D eigenvalue weighted by atomic mass is 19.1. The fraction of sp³-hybridized carbons (Fsp3) is 0.364. The summed E-state index contributed by atoms with van der Waals surface area (Å²) >= 11 is 0. The van der Waals surface area contributed by atoms with Crippen LogP contribution in [0.4, 0.5) is 4.39 Å². The van der Waals surface area contributed by atoms with Crippen molar-refractivity contribution in [2.24, 2.45) is 0 Å². The van der Waals surface area contributed by atoms with Crippen LogP contribution in [0.25, 0.3) is 0 Å². The van der Waals surface area contributed by atoms with Crippen molar-refractivity contribution < 1.29 is 28.9 Å². The predicted molar refractivity (Wildman–Crippen MR) is 56.7 cm³/mol. The molecule has 1 atom stereocenters.